The molecule has 0 saturated heterocycles. The molecule has 104 valence electrons. The van der Waals surface area contributed by atoms with Gasteiger partial charge in [-0.2, -0.15) is 0 Å². The lowest BCUT2D eigenvalue weighted by atomic mass is 10.0. The highest BCUT2D eigenvalue weighted by molar-refractivity contribution is 6.02. The van der Waals surface area contributed by atoms with Crippen LogP contribution < -0.4 is 5.32 Å². The molecular formula is C13H18N2O4. The summed E-state index contributed by atoms with van der Waals surface area (Å²) >= 11 is 0. The molecule has 1 aromatic rings. The second-order valence-corrected chi connectivity index (χ2v) is 4.29. The fraction of sp³-hybridized carbons (Fsp3) is 0.462. The van der Waals surface area contributed by atoms with Crippen molar-refractivity contribution in [3.8, 4) is 0 Å². The summed E-state index contributed by atoms with van der Waals surface area (Å²) in [5.74, 6) is -1.44. The Hall–Kier alpha value is -2.11. The van der Waals surface area contributed by atoms with Gasteiger partial charge in [0.2, 0.25) is 0 Å². The molecule has 0 atom stereocenters. The van der Waals surface area contributed by atoms with Gasteiger partial charge in [0.05, 0.1) is 6.42 Å². The number of aromatic amines is 1. The largest absolute Gasteiger partial charge is 0.481 e. The van der Waals surface area contributed by atoms with Crippen LogP contribution in [0.5, 0.6) is 0 Å². The van der Waals surface area contributed by atoms with Gasteiger partial charge in [0.25, 0.3) is 5.91 Å². The molecule has 0 aliphatic carbocycles. The Morgan fingerprint density at radius 2 is 1.95 bits per heavy atom. The minimum atomic E-state index is -0.969. The Kier molecular flexibility index (Phi) is 4.86. The Labute approximate surface area is 111 Å². The SMILES string of the molecule is CCc1c(C(=O)NCCC(=O)O)[nH]c(C)c1C(C)=O. The summed E-state index contributed by atoms with van der Waals surface area (Å²) in [6.07, 6.45) is 0.424. The van der Waals surface area contributed by atoms with Gasteiger partial charge in [0, 0.05) is 17.8 Å². The lowest BCUT2D eigenvalue weighted by Crippen LogP contribution is -2.27. The van der Waals surface area contributed by atoms with Crippen LogP contribution in [-0.4, -0.2) is 34.3 Å². The monoisotopic (exact) mass is 266 g/mol. The molecule has 0 bridgehead atoms. The molecule has 6 heteroatoms. The highest BCUT2D eigenvalue weighted by Crippen LogP contribution is 2.20. The van der Waals surface area contributed by atoms with Crippen molar-refractivity contribution in [2.45, 2.75) is 33.6 Å². The number of Topliss-reactive ketones (excluding diaryl/α,β-unsaturated/α-hetero) is 1. The minimum absolute atomic E-state index is 0.0603. The van der Waals surface area contributed by atoms with Gasteiger partial charge in [0.1, 0.15) is 5.69 Å². The molecular weight excluding hydrogens is 248 g/mol. The van der Waals surface area contributed by atoms with Gasteiger partial charge in [-0.05, 0) is 25.8 Å². The zero-order chi connectivity index (χ0) is 14.6. The van der Waals surface area contributed by atoms with E-state index in [0.29, 0.717) is 28.9 Å². The van der Waals surface area contributed by atoms with Crippen molar-refractivity contribution in [2.24, 2.45) is 0 Å². The number of ketones is 1. The maximum atomic E-state index is 11.9. The average molecular weight is 266 g/mol. The first-order valence-electron chi connectivity index (χ1n) is 6.10. The van der Waals surface area contributed by atoms with Crippen LogP contribution in [0.2, 0.25) is 0 Å². The highest BCUT2D eigenvalue weighted by Gasteiger charge is 2.21. The first-order valence-corrected chi connectivity index (χ1v) is 6.10. The van der Waals surface area contributed by atoms with Gasteiger partial charge in [-0.25, -0.2) is 0 Å². The van der Waals surface area contributed by atoms with Crippen LogP contribution in [0.4, 0.5) is 0 Å². The highest BCUT2D eigenvalue weighted by atomic mass is 16.4. The summed E-state index contributed by atoms with van der Waals surface area (Å²) in [5.41, 5.74) is 2.23. The molecule has 0 aromatic carbocycles. The summed E-state index contributed by atoms with van der Waals surface area (Å²) in [7, 11) is 0. The van der Waals surface area contributed by atoms with E-state index < -0.39 is 5.97 Å². The van der Waals surface area contributed by atoms with Crippen LogP contribution in [0.25, 0.3) is 0 Å². The van der Waals surface area contributed by atoms with E-state index in [0.717, 1.165) is 0 Å². The number of nitrogens with one attached hydrogen (secondary N) is 2. The van der Waals surface area contributed by atoms with Crippen LogP contribution >= 0.6 is 0 Å². The van der Waals surface area contributed by atoms with E-state index in [1.165, 1.54) is 6.92 Å². The molecule has 6 nitrogen and oxygen atoms in total. The maximum absolute atomic E-state index is 11.9. The number of H-pyrrole nitrogens is 1. The van der Waals surface area contributed by atoms with Crippen LogP contribution in [-0.2, 0) is 11.2 Å². The topological polar surface area (TPSA) is 99.3 Å². The molecule has 3 N–H and O–H groups in total. The number of amides is 1. The molecule has 0 aliphatic rings. The van der Waals surface area contributed by atoms with E-state index in [2.05, 4.69) is 10.3 Å². The fourth-order valence-corrected chi connectivity index (χ4v) is 2.07. The normalized spacial score (nSPS) is 10.3. The third kappa shape index (κ3) is 3.43. The molecule has 0 spiro atoms. The van der Waals surface area contributed by atoms with Crippen LogP contribution in [0.15, 0.2) is 0 Å². The predicted octanol–water partition coefficient (Wildman–Crippen LogP) is 1.29. The van der Waals surface area contributed by atoms with Gasteiger partial charge in [-0.15, -0.1) is 0 Å². The molecule has 1 aromatic heterocycles. The minimum Gasteiger partial charge on any atom is -0.481 e. The standard InChI is InChI=1S/C13H18N2O4/c1-4-9-11(8(3)16)7(2)15-12(9)13(19)14-6-5-10(17)18/h15H,4-6H2,1-3H3,(H,14,19)(H,17,18). The zero-order valence-corrected chi connectivity index (χ0v) is 11.3. The fourth-order valence-electron chi connectivity index (χ4n) is 2.07. The Balaban J connectivity index is 2.94. The van der Waals surface area contributed by atoms with Crippen molar-refractivity contribution in [1.29, 1.82) is 0 Å². The molecule has 1 amide bonds. The summed E-state index contributed by atoms with van der Waals surface area (Å²) in [6.45, 7) is 5.12. The van der Waals surface area contributed by atoms with E-state index in [1.54, 1.807) is 6.92 Å². The number of carboxylic acid groups (broad SMARTS) is 1. The van der Waals surface area contributed by atoms with E-state index in [1.807, 2.05) is 6.92 Å². The molecule has 0 fully saturated rings. The first kappa shape index (κ1) is 14.9. The zero-order valence-electron chi connectivity index (χ0n) is 11.3. The summed E-state index contributed by atoms with van der Waals surface area (Å²) in [4.78, 5) is 36.8. The van der Waals surface area contributed by atoms with Gasteiger partial charge in [-0.1, -0.05) is 6.92 Å². The lowest BCUT2D eigenvalue weighted by molar-refractivity contribution is -0.136. The van der Waals surface area contributed by atoms with Gasteiger partial charge >= 0.3 is 5.97 Å². The van der Waals surface area contributed by atoms with Crippen molar-refractivity contribution in [1.82, 2.24) is 10.3 Å². The summed E-state index contributed by atoms with van der Waals surface area (Å²) in [5, 5.41) is 11.0. The van der Waals surface area contributed by atoms with Crippen LogP contribution in [0.3, 0.4) is 0 Å². The number of hydrogen-bond acceptors (Lipinski definition) is 3. The third-order valence-electron chi connectivity index (χ3n) is 2.85. The van der Waals surface area contributed by atoms with Gasteiger partial charge < -0.3 is 15.4 Å². The number of aliphatic carboxylic acids is 1. The molecule has 1 heterocycles. The lowest BCUT2D eigenvalue weighted by Gasteiger charge is -2.04. The van der Waals surface area contributed by atoms with E-state index >= 15 is 0 Å². The van der Waals surface area contributed by atoms with E-state index in [4.69, 9.17) is 5.11 Å². The first-order chi connectivity index (χ1) is 8.88. The number of rotatable bonds is 6. The van der Waals surface area contributed by atoms with Gasteiger partial charge in [-0.3, -0.25) is 14.4 Å². The predicted molar refractivity (Wildman–Crippen MR) is 69.5 cm³/mol. The van der Waals surface area contributed by atoms with Crippen molar-refractivity contribution in [3.05, 3.63) is 22.5 Å². The number of aryl methyl sites for hydroxylation is 1. The molecule has 19 heavy (non-hydrogen) atoms. The van der Waals surface area contributed by atoms with Crippen LogP contribution in [0, 0.1) is 6.92 Å². The second-order valence-electron chi connectivity index (χ2n) is 4.29. The molecule has 0 unspecified atom stereocenters. The Morgan fingerprint density at radius 3 is 2.42 bits per heavy atom. The van der Waals surface area contributed by atoms with E-state index in [-0.39, 0.29) is 24.7 Å². The average Bonchev–Trinajstić information content (AvgIpc) is 2.65. The third-order valence-corrected chi connectivity index (χ3v) is 2.85. The number of carbonyl (C=O) groups excluding carboxylic acids is 2. The number of hydrogen-bond donors (Lipinski definition) is 3. The number of carboxylic acids is 1. The summed E-state index contributed by atoms with van der Waals surface area (Å²) < 4.78 is 0. The second kappa shape index (κ2) is 6.17. The van der Waals surface area contributed by atoms with Gasteiger partial charge in [0.15, 0.2) is 5.78 Å². The molecule has 1 rings (SSSR count). The van der Waals surface area contributed by atoms with Crippen molar-refractivity contribution < 1.29 is 19.5 Å². The number of aromatic nitrogens is 1. The smallest absolute Gasteiger partial charge is 0.305 e. The molecule has 0 radical (unpaired) electrons. The quantitative estimate of drug-likeness (QED) is 0.675. The number of carbonyl (C=O) groups is 3. The van der Waals surface area contributed by atoms with Crippen molar-refractivity contribution in [3.63, 3.8) is 0 Å². The molecule has 0 saturated carbocycles. The summed E-state index contributed by atoms with van der Waals surface area (Å²) in [6, 6.07) is 0. The Bertz CT molecular complexity index is 517. The maximum Gasteiger partial charge on any atom is 0.305 e. The van der Waals surface area contributed by atoms with Crippen molar-refractivity contribution >= 4 is 17.7 Å². The Morgan fingerprint density at radius 1 is 1.32 bits per heavy atom. The van der Waals surface area contributed by atoms with Crippen LogP contribution in [0.1, 0.15) is 52.4 Å². The van der Waals surface area contributed by atoms with E-state index in [9.17, 15) is 14.4 Å². The van der Waals surface area contributed by atoms with Crippen molar-refractivity contribution in [2.75, 3.05) is 6.54 Å². The molecule has 0 aliphatic heterocycles.